The van der Waals surface area contributed by atoms with Crippen LogP contribution in [0.1, 0.15) is 18.1 Å². The first-order valence-corrected chi connectivity index (χ1v) is 7.18. The maximum atomic E-state index is 14.2. The normalized spacial score (nSPS) is 12.1. The maximum absolute atomic E-state index is 14.2. The predicted octanol–water partition coefficient (Wildman–Crippen LogP) is 2.99. The number of nitrogens with zero attached hydrogens (tertiary/aromatic N) is 1. The zero-order valence-corrected chi connectivity index (χ0v) is 12.5. The molecule has 3 nitrogen and oxygen atoms in total. The number of benzene rings is 1. The molecule has 112 valence electrons. The largest absolute Gasteiger partial charge is 0.494 e. The summed E-state index contributed by atoms with van der Waals surface area (Å²) in [7, 11) is 1.49. The van der Waals surface area contributed by atoms with E-state index in [-0.39, 0.29) is 11.9 Å². The molecule has 2 aromatic rings. The second kappa shape index (κ2) is 7.74. The van der Waals surface area contributed by atoms with Gasteiger partial charge in [-0.1, -0.05) is 25.1 Å². The van der Waals surface area contributed by atoms with Crippen LogP contribution in [0.4, 0.5) is 4.39 Å². The molecule has 4 heteroatoms. The van der Waals surface area contributed by atoms with Crippen molar-refractivity contribution < 1.29 is 9.13 Å². The third-order valence-corrected chi connectivity index (χ3v) is 3.43. The zero-order chi connectivity index (χ0) is 15.1. The van der Waals surface area contributed by atoms with Gasteiger partial charge in [-0.2, -0.15) is 0 Å². The Morgan fingerprint density at radius 1 is 1.24 bits per heavy atom. The number of methoxy groups -OCH3 is 1. The van der Waals surface area contributed by atoms with Crippen molar-refractivity contribution in [3.05, 3.63) is 59.7 Å². The Hall–Kier alpha value is -1.94. The molecule has 0 spiro atoms. The highest BCUT2D eigenvalue weighted by Crippen LogP contribution is 2.21. The van der Waals surface area contributed by atoms with Crippen molar-refractivity contribution in [2.75, 3.05) is 13.7 Å². The first-order valence-electron chi connectivity index (χ1n) is 7.18. The highest BCUT2D eigenvalue weighted by molar-refractivity contribution is 5.31. The van der Waals surface area contributed by atoms with Gasteiger partial charge < -0.3 is 10.1 Å². The number of ether oxygens (including phenoxy) is 1. The second-order valence-corrected chi connectivity index (χ2v) is 4.96. The number of nitrogens with one attached hydrogen (secondary N) is 1. The third-order valence-electron chi connectivity index (χ3n) is 3.43. The number of halogens is 1. The number of pyridine rings is 1. The number of likely N-dealkylation sites (N-methyl/N-ethyl adjacent to an activating group) is 1. The molecule has 0 saturated heterocycles. The van der Waals surface area contributed by atoms with Gasteiger partial charge in [0, 0.05) is 18.4 Å². The van der Waals surface area contributed by atoms with E-state index in [0.29, 0.717) is 17.7 Å². The summed E-state index contributed by atoms with van der Waals surface area (Å²) in [4.78, 5) is 4.13. The lowest BCUT2D eigenvalue weighted by Crippen LogP contribution is -2.33. The lowest BCUT2D eigenvalue weighted by atomic mass is 9.99. The van der Waals surface area contributed by atoms with E-state index in [0.717, 1.165) is 18.5 Å². The van der Waals surface area contributed by atoms with Crippen molar-refractivity contribution in [3.8, 4) is 5.75 Å². The molecule has 0 aliphatic heterocycles. The fourth-order valence-corrected chi connectivity index (χ4v) is 2.45. The van der Waals surface area contributed by atoms with E-state index >= 15 is 0 Å². The zero-order valence-electron chi connectivity index (χ0n) is 12.5. The van der Waals surface area contributed by atoms with Crippen molar-refractivity contribution in [3.63, 3.8) is 0 Å². The Balaban J connectivity index is 2.13. The van der Waals surface area contributed by atoms with Gasteiger partial charge >= 0.3 is 0 Å². The molecule has 1 unspecified atom stereocenters. The van der Waals surface area contributed by atoms with Crippen molar-refractivity contribution in [1.82, 2.24) is 10.3 Å². The summed E-state index contributed by atoms with van der Waals surface area (Å²) in [6.45, 7) is 2.90. The fourth-order valence-electron chi connectivity index (χ4n) is 2.45. The third kappa shape index (κ3) is 4.26. The summed E-state index contributed by atoms with van der Waals surface area (Å²) in [5.74, 6) is 0.0261. The van der Waals surface area contributed by atoms with Crippen LogP contribution in [0.3, 0.4) is 0 Å². The number of aromatic nitrogens is 1. The molecule has 1 N–H and O–H groups in total. The summed E-state index contributed by atoms with van der Waals surface area (Å²) < 4.78 is 19.3. The van der Waals surface area contributed by atoms with Crippen LogP contribution in [-0.2, 0) is 12.8 Å². The van der Waals surface area contributed by atoms with Crippen LogP contribution < -0.4 is 10.1 Å². The molecule has 1 heterocycles. The molecule has 0 bridgehead atoms. The molecule has 0 aliphatic carbocycles. The van der Waals surface area contributed by atoms with Crippen LogP contribution in [0.15, 0.2) is 42.7 Å². The molecule has 0 fully saturated rings. The van der Waals surface area contributed by atoms with Crippen LogP contribution in [-0.4, -0.2) is 24.7 Å². The van der Waals surface area contributed by atoms with Gasteiger partial charge in [-0.05, 0) is 42.6 Å². The van der Waals surface area contributed by atoms with Gasteiger partial charge in [0.15, 0.2) is 11.6 Å². The van der Waals surface area contributed by atoms with E-state index in [4.69, 9.17) is 4.74 Å². The van der Waals surface area contributed by atoms with Crippen LogP contribution in [0.25, 0.3) is 0 Å². The summed E-state index contributed by atoms with van der Waals surface area (Å²) in [5, 5.41) is 3.41. The standard InChI is InChI=1S/C17H21FN2O/c1-3-20-15(10-13-6-5-9-19-12-13)11-14-7-4-8-16(21-2)17(14)18/h4-9,12,15,20H,3,10-11H2,1-2H3. The number of hydrogen-bond donors (Lipinski definition) is 1. The minimum Gasteiger partial charge on any atom is -0.494 e. The Labute approximate surface area is 125 Å². The molecule has 1 aromatic carbocycles. The molecule has 1 aromatic heterocycles. The van der Waals surface area contributed by atoms with E-state index < -0.39 is 0 Å². The summed E-state index contributed by atoms with van der Waals surface area (Å²) >= 11 is 0. The minimum atomic E-state index is -0.269. The topological polar surface area (TPSA) is 34.2 Å². The monoisotopic (exact) mass is 288 g/mol. The van der Waals surface area contributed by atoms with Gasteiger partial charge in [0.05, 0.1) is 7.11 Å². The summed E-state index contributed by atoms with van der Waals surface area (Å²) in [6, 6.07) is 9.41. The van der Waals surface area contributed by atoms with E-state index in [9.17, 15) is 4.39 Å². The van der Waals surface area contributed by atoms with Crippen molar-refractivity contribution in [1.29, 1.82) is 0 Å². The van der Waals surface area contributed by atoms with Gasteiger partial charge in [0.25, 0.3) is 0 Å². The highest BCUT2D eigenvalue weighted by atomic mass is 19.1. The Morgan fingerprint density at radius 2 is 2.10 bits per heavy atom. The molecule has 0 saturated carbocycles. The van der Waals surface area contributed by atoms with E-state index in [2.05, 4.69) is 17.2 Å². The summed E-state index contributed by atoms with van der Waals surface area (Å²) in [6.07, 6.45) is 5.05. The lowest BCUT2D eigenvalue weighted by Gasteiger charge is -2.19. The van der Waals surface area contributed by atoms with E-state index in [1.54, 1.807) is 12.3 Å². The second-order valence-electron chi connectivity index (χ2n) is 4.96. The quantitative estimate of drug-likeness (QED) is 0.850. The van der Waals surface area contributed by atoms with E-state index in [1.807, 2.05) is 30.5 Å². The highest BCUT2D eigenvalue weighted by Gasteiger charge is 2.14. The molecule has 0 amide bonds. The predicted molar refractivity (Wildman–Crippen MR) is 82.1 cm³/mol. The molecule has 2 rings (SSSR count). The molecular weight excluding hydrogens is 267 g/mol. The molecule has 1 atom stereocenters. The first kappa shape index (κ1) is 15.4. The van der Waals surface area contributed by atoms with Crippen LogP contribution in [0, 0.1) is 5.82 Å². The number of hydrogen-bond acceptors (Lipinski definition) is 3. The molecule has 0 aliphatic rings. The van der Waals surface area contributed by atoms with E-state index in [1.165, 1.54) is 7.11 Å². The Kier molecular flexibility index (Phi) is 5.69. The first-order chi connectivity index (χ1) is 10.2. The average molecular weight is 288 g/mol. The fraction of sp³-hybridized carbons (Fsp3) is 0.353. The molecular formula is C17H21FN2O. The summed E-state index contributed by atoms with van der Waals surface area (Å²) in [5.41, 5.74) is 1.82. The van der Waals surface area contributed by atoms with Crippen LogP contribution in [0.5, 0.6) is 5.75 Å². The van der Waals surface area contributed by atoms with Gasteiger partial charge in [-0.25, -0.2) is 4.39 Å². The van der Waals surface area contributed by atoms with Gasteiger partial charge in [0.2, 0.25) is 0 Å². The SMILES string of the molecule is CCNC(Cc1cccnc1)Cc1cccc(OC)c1F. The Bertz CT molecular complexity index is 560. The van der Waals surface area contributed by atoms with Crippen LogP contribution in [0.2, 0.25) is 0 Å². The minimum absolute atomic E-state index is 0.167. The van der Waals surface area contributed by atoms with Gasteiger partial charge in [-0.15, -0.1) is 0 Å². The Morgan fingerprint density at radius 3 is 2.76 bits per heavy atom. The smallest absolute Gasteiger partial charge is 0.168 e. The maximum Gasteiger partial charge on any atom is 0.168 e. The van der Waals surface area contributed by atoms with Gasteiger partial charge in [-0.3, -0.25) is 4.98 Å². The molecule has 0 radical (unpaired) electrons. The lowest BCUT2D eigenvalue weighted by molar-refractivity contribution is 0.382. The van der Waals surface area contributed by atoms with Crippen molar-refractivity contribution >= 4 is 0 Å². The molecule has 21 heavy (non-hydrogen) atoms. The van der Waals surface area contributed by atoms with Crippen molar-refractivity contribution in [2.24, 2.45) is 0 Å². The van der Waals surface area contributed by atoms with Gasteiger partial charge in [0.1, 0.15) is 0 Å². The number of rotatable bonds is 7. The van der Waals surface area contributed by atoms with Crippen molar-refractivity contribution in [2.45, 2.75) is 25.8 Å². The van der Waals surface area contributed by atoms with Crippen LogP contribution >= 0.6 is 0 Å². The average Bonchev–Trinajstić information content (AvgIpc) is 2.50.